The monoisotopic (exact) mass is 352 g/mol. The average molecular weight is 352 g/mol. The summed E-state index contributed by atoms with van der Waals surface area (Å²) in [6.45, 7) is 0.300. The molecule has 0 fully saturated rings. The van der Waals surface area contributed by atoms with Crippen LogP contribution in [0.3, 0.4) is 0 Å². The molecular weight excluding hydrogens is 328 g/mol. The van der Waals surface area contributed by atoms with Crippen molar-refractivity contribution in [2.24, 2.45) is 16.5 Å². The topological polar surface area (TPSA) is 149 Å². The molecule has 1 amide bonds. The van der Waals surface area contributed by atoms with E-state index in [-0.39, 0.29) is 18.8 Å². The van der Waals surface area contributed by atoms with E-state index in [0.29, 0.717) is 30.0 Å². The van der Waals surface area contributed by atoms with Crippen LogP contribution in [0.25, 0.3) is 0 Å². The summed E-state index contributed by atoms with van der Waals surface area (Å²) in [4.78, 5) is 27.2. The number of nitrogens with one attached hydrogen (secondary N) is 1. The van der Waals surface area contributed by atoms with Gasteiger partial charge in [-0.05, 0) is 18.9 Å². The van der Waals surface area contributed by atoms with Gasteiger partial charge < -0.3 is 31.4 Å². The first-order chi connectivity index (χ1) is 11.9. The molecule has 9 heteroatoms. The fourth-order valence-corrected chi connectivity index (χ4v) is 2.18. The van der Waals surface area contributed by atoms with Crippen molar-refractivity contribution in [3.05, 3.63) is 23.8 Å². The van der Waals surface area contributed by atoms with Gasteiger partial charge in [-0.25, -0.2) is 4.79 Å². The molecule has 0 saturated heterocycles. The van der Waals surface area contributed by atoms with E-state index in [1.54, 1.807) is 18.2 Å². The predicted octanol–water partition coefficient (Wildman–Crippen LogP) is -0.131. The molecule has 0 heterocycles. The summed E-state index contributed by atoms with van der Waals surface area (Å²) < 4.78 is 10.3. The van der Waals surface area contributed by atoms with Gasteiger partial charge >= 0.3 is 5.97 Å². The Hall–Kier alpha value is -2.97. The van der Waals surface area contributed by atoms with Crippen molar-refractivity contribution in [1.82, 2.24) is 5.32 Å². The van der Waals surface area contributed by atoms with E-state index in [4.69, 9.17) is 20.9 Å². The molecule has 0 aliphatic rings. The molecule has 0 radical (unpaired) electrons. The van der Waals surface area contributed by atoms with Crippen LogP contribution in [0.4, 0.5) is 0 Å². The van der Waals surface area contributed by atoms with Crippen LogP contribution in [-0.4, -0.2) is 49.7 Å². The highest BCUT2D eigenvalue weighted by molar-refractivity contribution is 5.85. The van der Waals surface area contributed by atoms with Crippen LogP contribution in [0.5, 0.6) is 11.5 Å². The summed E-state index contributed by atoms with van der Waals surface area (Å²) >= 11 is 0. The first kappa shape index (κ1) is 20.1. The summed E-state index contributed by atoms with van der Waals surface area (Å²) in [5, 5.41) is 11.7. The van der Waals surface area contributed by atoms with Gasteiger partial charge in [0.05, 0.1) is 20.6 Å². The minimum absolute atomic E-state index is 0.00908. The molecule has 1 rings (SSSR count). The van der Waals surface area contributed by atoms with Gasteiger partial charge in [0.2, 0.25) is 5.91 Å². The zero-order chi connectivity index (χ0) is 18.8. The molecule has 1 unspecified atom stereocenters. The standard InChI is InChI=1S/C16H24N4O5/c1-24-11-6-5-10(13(9-11)25-2)8-14(21)20-12(15(22)23)4-3-7-19-16(17)18/h5-6,9,12H,3-4,7-8H2,1-2H3,(H,20,21)(H,22,23)(H4,17,18,19). The van der Waals surface area contributed by atoms with Crippen LogP contribution in [0, 0.1) is 0 Å². The van der Waals surface area contributed by atoms with Crippen molar-refractivity contribution < 1.29 is 24.2 Å². The lowest BCUT2D eigenvalue weighted by Gasteiger charge is -2.15. The molecule has 138 valence electrons. The highest BCUT2D eigenvalue weighted by Gasteiger charge is 2.20. The zero-order valence-electron chi connectivity index (χ0n) is 14.3. The van der Waals surface area contributed by atoms with Crippen LogP contribution >= 0.6 is 0 Å². The molecule has 25 heavy (non-hydrogen) atoms. The van der Waals surface area contributed by atoms with E-state index in [1.165, 1.54) is 14.2 Å². The summed E-state index contributed by atoms with van der Waals surface area (Å²) in [7, 11) is 3.01. The second-order valence-electron chi connectivity index (χ2n) is 5.26. The minimum atomic E-state index is -1.11. The number of nitrogens with zero attached hydrogens (tertiary/aromatic N) is 1. The number of carboxylic acid groups (broad SMARTS) is 1. The molecule has 6 N–H and O–H groups in total. The third-order valence-corrected chi connectivity index (χ3v) is 3.42. The molecule has 0 bridgehead atoms. The zero-order valence-corrected chi connectivity index (χ0v) is 14.3. The van der Waals surface area contributed by atoms with E-state index in [2.05, 4.69) is 10.3 Å². The number of guanidine groups is 1. The van der Waals surface area contributed by atoms with Gasteiger partial charge in [-0.15, -0.1) is 0 Å². The third kappa shape index (κ3) is 6.98. The molecule has 9 nitrogen and oxygen atoms in total. The quantitative estimate of drug-likeness (QED) is 0.260. The Labute approximate surface area is 146 Å². The third-order valence-electron chi connectivity index (χ3n) is 3.42. The number of hydrogen-bond donors (Lipinski definition) is 4. The maximum Gasteiger partial charge on any atom is 0.326 e. The van der Waals surface area contributed by atoms with Crippen molar-refractivity contribution in [3.63, 3.8) is 0 Å². The van der Waals surface area contributed by atoms with Gasteiger partial charge in [0.25, 0.3) is 0 Å². The molecular formula is C16H24N4O5. The predicted molar refractivity (Wildman–Crippen MR) is 92.7 cm³/mol. The number of carbonyl (C=O) groups is 2. The van der Waals surface area contributed by atoms with Crippen molar-refractivity contribution >= 4 is 17.8 Å². The normalized spacial score (nSPS) is 11.3. The first-order valence-electron chi connectivity index (χ1n) is 7.65. The number of methoxy groups -OCH3 is 2. The molecule has 0 aliphatic carbocycles. The number of carbonyl (C=O) groups excluding carboxylic acids is 1. The van der Waals surface area contributed by atoms with Crippen LogP contribution in [0.1, 0.15) is 18.4 Å². The van der Waals surface area contributed by atoms with E-state index in [0.717, 1.165) is 0 Å². The Morgan fingerprint density at radius 2 is 2.00 bits per heavy atom. The first-order valence-corrected chi connectivity index (χ1v) is 7.65. The van der Waals surface area contributed by atoms with Crippen LogP contribution in [0.15, 0.2) is 23.2 Å². The molecule has 0 aromatic heterocycles. The summed E-state index contributed by atoms with van der Waals surface area (Å²) in [6, 6.07) is 4.05. The molecule has 0 saturated carbocycles. The summed E-state index contributed by atoms with van der Waals surface area (Å²) in [5.74, 6) is -0.488. The molecule has 1 atom stereocenters. The number of aliphatic carboxylic acids is 1. The van der Waals surface area contributed by atoms with Gasteiger partial charge in [-0.2, -0.15) is 0 Å². The number of rotatable bonds is 10. The molecule has 0 spiro atoms. The number of amides is 1. The average Bonchev–Trinajstić information content (AvgIpc) is 2.57. The van der Waals surface area contributed by atoms with Crippen molar-refractivity contribution in [2.75, 3.05) is 20.8 Å². The highest BCUT2D eigenvalue weighted by atomic mass is 16.5. The van der Waals surface area contributed by atoms with Crippen molar-refractivity contribution in [2.45, 2.75) is 25.3 Å². The van der Waals surface area contributed by atoms with Gasteiger partial charge in [-0.3, -0.25) is 9.79 Å². The fraction of sp³-hybridized carbons (Fsp3) is 0.438. The van der Waals surface area contributed by atoms with Gasteiger partial charge in [0.15, 0.2) is 5.96 Å². The van der Waals surface area contributed by atoms with E-state index in [1.807, 2.05) is 0 Å². The fourth-order valence-electron chi connectivity index (χ4n) is 2.18. The second-order valence-corrected chi connectivity index (χ2v) is 5.26. The lowest BCUT2D eigenvalue weighted by molar-refractivity contribution is -0.141. The van der Waals surface area contributed by atoms with Gasteiger partial charge in [-0.1, -0.05) is 6.07 Å². The van der Waals surface area contributed by atoms with Crippen LogP contribution < -0.4 is 26.3 Å². The number of hydrogen-bond acceptors (Lipinski definition) is 5. The Morgan fingerprint density at radius 1 is 1.28 bits per heavy atom. The number of ether oxygens (including phenoxy) is 2. The number of aliphatic imine (C=N–C) groups is 1. The number of carboxylic acids is 1. The SMILES string of the molecule is COc1ccc(CC(=O)NC(CCCN=C(N)N)C(=O)O)c(OC)c1. The Morgan fingerprint density at radius 3 is 2.56 bits per heavy atom. The second kappa shape index (κ2) is 10.0. The van der Waals surface area contributed by atoms with Crippen LogP contribution in [-0.2, 0) is 16.0 Å². The van der Waals surface area contributed by atoms with Gasteiger partial charge in [0.1, 0.15) is 17.5 Å². The maximum atomic E-state index is 12.2. The summed E-state index contributed by atoms with van der Waals surface area (Å²) in [6.07, 6.45) is 0.642. The minimum Gasteiger partial charge on any atom is -0.497 e. The highest BCUT2D eigenvalue weighted by Crippen LogP contribution is 2.24. The Balaban J connectivity index is 2.66. The molecule has 1 aromatic carbocycles. The largest absolute Gasteiger partial charge is 0.497 e. The van der Waals surface area contributed by atoms with Gasteiger partial charge in [0, 0.05) is 18.2 Å². The number of nitrogens with two attached hydrogens (primary N) is 2. The number of benzene rings is 1. The summed E-state index contributed by atoms with van der Waals surface area (Å²) in [5.41, 5.74) is 11.0. The van der Waals surface area contributed by atoms with Crippen molar-refractivity contribution in [3.8, 4) is 11.5 Å². The van der Waals surface area contributed by atoms with E-state index < -0.39 is 17.9 Å². The molecule has 1 aromatic rings. The Bertz CT molecular complexity index is 629. The Kier molecular flexibility index (Phi) is 8.04. The smallest absolute Gasteiger partial charge is 0.326 e. The molecule has 0 aliphatic heterocycles. The van der Waals surface area contributed by atoms with Crippen LogP contribution in [0.2, 0.25) is 0 Å². The van der Waals surface area contributed by atoms with E-state index >= 15 is 0 Å². The van der Waals surface area contributed by atoms with Crippen molar-refractivity contribution in [1.29, 1.82) is 0 Å². The maximum absolute atomic E-state index is 12.2. The van der Waals surface area contributed by atoms with E-state index in [9.17, 15) is 14.7 Å². The lowest BCUT2D eigenvalue weighted by Crippen LogP contribution is -2.41. The lowest BCUT2D eigenvalue weighted by atomic mass is 10.1.